The number of hydrogen-bond donors (Lipinski definition) is 0. The Balaban J connectivity index is 1.92. The number of hydrogen-bond acceptors (Lipinski definition) is 2. The first kappa shape index (κ1) is 24.7. The molecule has 0 bridgehead atoms. The molecule has 1 heterocycles. The zero-order chi connectivity index (χ0) is 20.3. The van der Waals surface area contributed by atoms with Gasteiger partial charge in [0.05, 0.1) is 0 Å². The predicted octanol–water partition coefficient (Wildman–Crippen LogP) is 6.87. The minimum atomic E-state index is 0.184. The molecule has 0 aliphatic carbocycles. The minimum absolute atomic E-state index is 0.184. The molecule has 0 atom stereocenters. The fourth-order valence-corrected chi connectivity index (χ4v) is 3.68. The van der Waals surface area contributed by atoms with Crippen LogP contribution in [0.4, 0.5) is 0 Å². The molecule has 3 nitrogen and oxygen atoms in total. The molecule has 0 amide bonds. The van der Waals surface area contributed by atoms with Gasteiger partial charge in [-0.15, -0.1) is 0 Å². The SMILES string of the molecule is CCCCCCCCCCCCCCCCCC(=O)c1cccc[n+]1OCC. The molecule has 160 valence electrons. The maximum absolute atomic E-state index is 12.4. The summed E-state index contributed by atoms with van der Waals surface area (Å²) in [5.74, 6) is 0.184. The number of unbranched alkanes of at least 4 members (excludes halogenated alkanes) is 14. The molecule has 0 aromatic carbocycles. The fraction of sp³-hybridized carbons (Fsp3) is 0.760. The van der Waals surface area contributed by atoms with Crippen LogP contribution in [0.5, 0.6) is 0 Å². The lowest BCUT2D eigenvalue weighted by atomic mass is 10.0. The lowest BCUT2D eigenvalue weighted by Gasteiger charge is -2.03. The highest BCUT2D eigenvalue weighted by Gasteiger charge is 2.19. The van der Waals surface area contributed by atoms with Crippen molar-refractivity contribution < 1.29 is 14.4 Å². The number of aromatic nitrogens is 1. The highest BCUT2D eigenvalue weighted by atomic mass is 16.7. The average Bonchev–Trinajstić information content (AvgIpc) is 2.71. The molecule has 0 unspecified atom stereocenters. The molecule has 1 rings (SSSR count). The summed E-state index contributed by atoms with van der Waals surface area (Å²) >= 11 is 0. The summed E-state index contributed by atoms with van der Waals surface area (Å²) in [6, 6.07) is 5.64. The quantitative estimate of drug-likeness (QED) is 0.147. The van der Waals surface area contributed by atoms with Crippen molar-refractivity contribution in [2.45, 2.75) is 117 Å². The summed E-state index contributed by atoms with van der Waals surface area (Å²) in [5.41, 5.74) is 0.662. The molecule has 1 aromatic heterocycles. The van der Waals surface area contributed by atoms with Gasteiger partial charge in [-0.3, -0.25) is 9.63 Å². The Morgan fingerprint density at radius 3 is 1.75 bits per heavy atom. The molecule has 0 N–H and O–H groups in total. The molecule has 0 spiro atoms. The van der Waals surface area contributed by atoms with Crippen molar-refractivity contribution >= 4 is 5.78 Å². The van der Waals surface area contributed by atoms with Crippen LogP contribution in [0.1, 0.15) is 127 Å². The average molecular weight is 391 g/mol. The lowest BCUT2D eigenvalue weighted by molar-refractivity contribution is -0.892. The van der Waals surface area contributed by atoms with E-state index in [2.05, 4.69) is 6.92 Å². The molecule has 1 aromatic rings. The minimum Gasteiger partial charge on any atom is -0.287 e. The Morgan fingerprint density at radius 2 is 1.25 bits per heavy atom. The number of nitrogens with zero attached hydrogens (tertiary/aromatic N) is 1. The zero-order valence-corrected chi connectivity index (χ0v) is 18.6. The fourth-order valence-electron chi connectivity index (χ4n) is 3.68. The summed E-state index contributed by atoms with van der Waals surface area (Å²) in [6.45, 7) is 4.78. The van der Waals surface area contributed by atoms with Crippen molar-refractivity contribution in [3.05, 3.63) is 30.1 Å². The predicted molar refractivity (Wildman–Crippen MR) is 118 cm³/mol. The largest absolute Gasteiger partial charge is 0.300 e. The molecule has 0 aliphatic heterocycles. The molecule has 0 radical (unpaired) electrons. The number of rotatable bonds is 19. The first-order valence-electron chi connectivity index (χ1n) is 12.0. The van der Waals surface area contributed by atoms with Crippen LogP contribution >= 0.6 is 0 Å². The standard InChI is InChI=1S/C25H44NO2/c1-3-5-6-7-8-9-10-11-12-13-14-15-16-17-18-22-25(27)24-21-19-20-23-26(24)28-4-2/h19-21,23H,3-18,22H2,1-2H3/q+1. The van der Waals surface area contributed by atoms with Crippen molar-refractivity contribution in [3.8, 4) is 0 Å². The number of Topliss-reactive ketones (excluding diaryl/α,β-unsaturated/α-hetero) is 1. The van der Waals surface area contributed by atoms with E-state index in [9.17, 15) is 4.79 Å². The van der Waals surface area contributed by atoms with E-state index in [4.69, 9.17) is 4.84 Å². The Labute approximate surface area is 173 Å². The van der Waals surface area contributed by atoms with E-state index in [0.717, 1.165) is 12.8 Å². The number of carbonyl (C=O) groups is 1. The molecule has 0 saturated carbocycles. The van der Waals surface area contributed by atoms with Crippen molar-refractivity contribution in [3.63, 3.8) is 0 Å². The third-order valence-corrected chi connectivity index (χ3v) is 5.39. The van der Waals surface area contributed by atoms with Crippen LogP contribution in [0.15, 0.2) is 24.4 Å². The van der Waals surface area contributed by atoms with Crippen LogP contribution < -0.4 is 9.57 Å². The van der Waals surface area contributed by atoms with E-state index < -0.39 is 0 Å². The monoisotopic (exact) mass is 390 g/mol. The normalized spacial score (nSPS) is 10.9. The molecular formula is C25H44NO2+. The zero-order valence-electron chi connectivity index (χ0n) is 18.6. The summed E-state index contributed by atoms with van der Waals surface area (Å²) in [5, 5.41) is 0. The number of carbonyl (C=O) groups excluding carboxylic acids is 1. The van der Waals surface area contributed by atoms with Gasteiger partial charge in [0.1, 0.15) is 0 Å². The Hall–Kier alpha value is -1.38. The highest BCUT2D eigenvalue weighted by Crippen LogP contribution is 2.14. The highest BCUT2D eigenvalue weighted by molar-refractivity contribution is 5.92. The van der Waals surface area contributed by atoms with Gasteiger partial charge in [0, 0.05) is 23.3 Å². The molecule has 0 fully saturated rings. The van der Waals surface area contributed by atoms with Crippen LogP contribution in [0, 0.1) is 0 Å². The molecule has 28 heavy (non-hydrogen) atoms. The van der Waals surface area contributed by atoms with Crippen LogP contribution in [0.25, 0.3) is 0 Å². The Bertz CT molecular complexity index is 501. The maximum Gasteiger partial charge on any atom is 0.300 e. The molecular weight excluding hydrogens is 346 g/mol. The third-order valence-electron chi connectivity index (χ3n) is 5.39. The summed E-state index contributed by atoms with van der Waals surface area (Å²) in [4.78, 5) is 17.9. The summed E-state index contributed by atoms with van der Waals surface area (Å²) < 4.78 is 1.60. The van der Waals surface area contributed by atoms with Gasteiger partial charge in [-0.2, -0.15) is 0 Å². The molecule has 0 aliphatic rings. The van der Waals surface area contributed by atoms with Gasteiger partial charge >= 0.3 is 0 Å². The van der Waals surface area contributed by atoms with Crippen molar-refractivity contribution in [1.82, 2.24) is 0 Å². The second kappa shape index (κ2) is 17.7. The maximum atomic E-state index is 12.4. The van der Waals surface area contributed by atoms with E-state index in [1.165, 1.54) is 83.5 Å². The number of ketones is 1. The molecule has 3 heteroatoms. The van der Waals surface area contributed by atoms with Crippen LogP contribution in [0.3, 0.4) is 0 Å². The first-order chi connectivity index (χ1) is 13.8. The van der Waals surface area contributed by atoms with Gasteiger partial charge in [0.15, 0.2) is 6.61 Å². The van der Waals surface area contributed by atoms with Crippen molar-refractivity contribution in [1.29, 1.82) is 0 Å². The second-order valence-corrected chi connectivity index (χ2v) is 7.95. The Morgan fingerprint density at radius 1 is 0.750 bits per heavy atom. The second-order valence-electron chi connectivity index (χ2n) is 7.95. The van der Waals surface area contributed by atoms with Crippen LogP contribution in [-0.2, 0) is 0 Å². The van der Waals surface area contributed by atoms with E-state index in [0.29, 0.717) is 18.7 Å². The topological polar surface area (TPSA) is 30.2 Å². The first-order valence-corrected chi connectivity index (χ1v) is 12.0. The number of pyridine rings is 1. The van der Waals surface area contributed by atoms with Crippen molar-refractivity contribution in [2.75, 3.05) is 6.61 Å². The van der Waals surface area contributed by atoms with E-state index in [-0.39, 0.29) is 5.78 Å². The summed E-state index contributed by atoms with van der Waals surface area (Å²) in [7, 11) is 0. The van der Waals surface area contributed by atoms with Crippen LogP contribution in [0.2, 0.25) is 0 Å². The summed E-state index contributed by atoms with van der Waals surface area (Å²) in [6.07, 6.45) is 22.6. The smallest absolute Gasteiger partial charge is 0.287 e. The van der Waals surface area contributed by atoms with E-state index in [1.54, 1.807) is 4.73 Å². The van der Waals surface area contributed by atoms with Gasteiger partial charge in [-0.1, -0.05) is 96.8 Å². The van der Waals surface area contributed by atoms with Crippen molar-refractivity contribution in [2.24, 2.45) is 0 Å². The van der Waals surface area contributed by atoms with Crippen LogP contribution in [-0.4, -0.2) is 12.4 Å². The Kier molecular flexibility index (Phi) is 15.6. The molecule has 0 saturated heterocycles. The lowest BCUT2D eigenvalue weighted by Crippen LogP contribution is -2.47. The van der Waals surface area contributed by atoms with E-state index in [1.807, 2.05) is 31.3 Å². The van der Waals surface area contributed by atoms with E-state index >= 15 is 0 Å². The van der Waals surface area contributed by atoms with Gasteiger partial charge in [0.25, 0.3) is 5.69 Å². The van der Waals surface area contributed by atoms with Gasteiger partial charge in [-0.25, -0.2) is 0 Å². The van der Waals surface area contributed by atoms with Gasteiger partial charge in [-0.05, 0) is 19.4 Å². The third kappa shape index (κ3) is 12.2. The van der Waals surface area contributed by atoms with Gasteiger partial charge in [0.2, 0.25) is 12.0 Å². The van der Waals surface area contributed by atoms with Gasteiger partial charge < -0.3 is 0 Å².